The zero-order chi connectivity index (χ0) is 23.5. The van der Waals surface area contributed by atoms with Crippen LogP contribution in [0, 0.1) is 25.5 Å². The quantitative estimate of drug-likeness (QED) is 0.428. The van der Waals surface area contributed by atoms with Crippen LogP contribution in [-0.4, -0.2) is 27.7 Å². The van der Waals surface area contributed by atoms with Crippen molar-refractivity contribution >= 4 is 18.0 Å². The van der Waals surface area contributed by atoms with Gasteiger partial charge in [0.2, 0.25) is 6.10 Å². The number of esters is 1. The Labute approximate surface area is 189 Å². The minimum atomic E-state index is -1.19. The zero-order valence-corrected chi connectivity index (χ0v) is 18.2. The molecule has 0 aliphatic heterocycles. The number of ether oxygens (including phenoxy) is 1. The molecule has 1 fully saturated rings. The summed E-state index contributed by atoms with van der Waals surface area (Å²) in [5, 5.41) is 7.28. The first-order valence-corrected chi connectivity index (χ1v) is 10.6. The molecule has 1 aromatic heterocycles. The number of amides is 1. The molecule has 1 aliphatic rings. The Hall–Kier alpha value is -3.81. The lowest BCUT2D eigenvalue weighted by molar-refractivity contribution is -0.151. The van der Waals surface area contributed by atoms with E-state index in [2.05, 4.69) is 10.4 Å². The van der Waals surface area contributed by atoms with Crippen LogP contribution in [0.15, 0.2) is 54.6 Å². The van der Waals surface area contributed by atoms with Gasteiger partial charge in [0.05, 0.1) is 11.4 Å². The van der Waals surface area contributed by atoms with Crippen molar-refractivity contribution < 1.29 is 23.1 Å². The monoisotopic (exact) mass is 451 g/mol. The summed E-state index contributed by atoms with van der Waals surface area (Å²) in [5.41, 5.74) is 3.20. The maximum Gasteiger partial charge on any atom is 0.331 e. The van der Waals surface area contributed by atoms with Gasteiger partial charge in [-0.2, -0.15) is 5.10 Å². The first-order chi connectivity index (χ1) is 15.8. The van der Waals surface area contributed by atoms with Crippen molar-refractivity contribution in [2.75, 3.05) is 0 Å². The van der Waals surface area contributed by atoms with Gasteiger partial charge < -0.3 is 10.1 Å². The second kappa shape index (κ2) is 9.36. The molecule has 1 heterocycles. The Morgan fingerprint density at radius 1 is 1.06 bits per heavy atom. The molecule has 4 rings (SSSR count). The Morgan fingerprint density at radius 3 is 2.27 bits per heavy atom. The summed E-state index contributed by atoms with van der Waals surface area (Å²) in [4.78, 5) is 25.2. The fourth-order valence-electron chi connectivity index (χ4n) is 3.45. The Balaban J connectivity index is 1.52. The number of nitrogens with one attached hydrogen (secondary N) is 1. The molecule has 0 bridgehead atoms. The predicted molar refractivity (Wildman–Crippen MR) is 118 cm³/mol. The lowest BCUT2D eigenvalue weighted by atomic mass is 10.1. The maximum absolute atomic E-state index is 13.3. The molecule has 2 aromatic carbocycles. The average molecular weight is 451 g/mol. The van der Waals surface area contributed by atoms with Crippen molar-refractivity contribution in [2.24, 2.45) is 0 Å². The van der Waals surface area contributed by atoms with E-state index in [1.165, 1.54) is 42.5 Å². The number of aryl methyl sites for hydroxylation is 1. The Bertz CT molecular complexity index is 1200. The number of carbonyl (C=O) groups is 2. The van der Waals surface area contributed by atoms with Crippen molar-refractivity contribution in [3.63, 3.8) is 0 Å². The SMILES string of the molecule is Cc1nn(-c2ccc(F)cc2)c(C)c1/C=C/C(=O)OC(C(=O)NC1CC1)c1ccc(F)cc1. The molecule has 170 valence electrons. The first-order valence-electron chi connectivity index (χ1n) is 10.6. The van der Waals surface area contributed by atoms with E-state index in [4.69, 9.17) is 4.74 Å². The van der Waals surface area contributed by atoms with Crippen LogP contribution in [0.3, 0.4) is 0 Å². The van der Waals surface area contributed by atoms with Gasteiger partial charge in [0.15, 0.2) is 0 Å². The molecule has 1 aliphatic carbocycles. The van der Waals surface area contributed by atoms with Crippen LogP contribution >= 0.6 is 0 Å². The number of aromatic nitrogens is 2. The van der Waals surface area contributed by atoms with Gasteiger partial charge in [0, 0.05) is 28.9 Å². The highest BCUT2D eigenvalue weighted by Crippen LogP contribution is 2.24. The van der Waals surface area contributed by atoms with Gasteiger partial charge in [-0.15, -0.1) is 0 Å². The van der Waals surface area contributed by atoms with Crippen molar-refractivity contribution in [2.45, 2.75) is 38.8 Å². The third-order valence-electron chi connectivity index (χ3n) is 5.37. The zero-order valence-electron chi connectivity index (χ0n) is 18.2. The van der Waals surface area contributed by atoms with E-state index < -0.39 is 23.8 Å². The fraction of sp³-hybridized carbons (Fsp3) is 0.240. The maximum atomic E-state index is 13.3. The molecule has 1 unspecified atom stereocenters. The lowest BCUT2D eigenvalue weighted by Crippen LogP contribution is -2.33. The number of hydrogen-bond acceptors (Lipinski definition) is 4. The highest BCUT2D eigenvalue weighted by Gasteiger charge is 2.30. The van der Waals surface area contributed by atoms with Gasteiger partial charge in [0.25, 0.3) is 5.91 Å². The van der Waals surface area contributed by atoms with Crippen LogP contribution in [0.2, 0.25) is 0 Å². The number of nitrogens with zero attached hydrogens (tertiary/aromatic N) is 2. The Kier molecular flexibility index (Phi) is 6.35. The minimum absolute atomic E-state index is 0.0808. The third-order valence-corrected chi connectivity index (χ3v) is 5.37. The smallest absolute Gasteiger partial charge is 0.331 e. The fourth-order valence-corrected chi connectivity index (χ4v) is 3.45. The van der Waals surface area contributed by atoms with Gasteiger partial charge in [-0.3, -0.25) is 4.79 Å². The highest BCUT2D eigenvalue weighted by atomic mass is 19.1. The molecule has 0 saturated heterocycles. The number of benzene rings is 2. The summed E-state index contributed by atoms with van der Waals surface area (Å²) >= 11 is 0. The standard InChI is InChI=1S/C25H23F2N3O3/c1-15-22(16(2)30(29-15)21-11-7-19(27)8-12-21)13-14-23(31)33-24(25(32)28-20-9-10-20)17-3-5-18(26)6-4-17/h3-8,11-14,20,24H,9-10H2,1-2H3,(H,28,32)/b14-13+. The molecule has 8 heteroatoms. The van der Waals surface area contributed by atoms with Crippen molar-refractivity contribution in [1.29, 1.82) is 0 Å². The molecule has 6 nitrogen and oxygen atoms in total. The molecule has 33 heavy (non-hydrogen) atoms. The van der Waals surface area contributed by atoms with E-state index in [0.717, 1.165) is 18.5 Å². The van der Waals surface area contributed by atoms with Gasteiger partial charge in [-0.25, -0.2) is 18.3 Å². The molecule has 1 amide bonds. The second-order valence-electron chi connectivity index (χ2n) is 7.96. The number of halogens is 2. The highest BCUT2D eigenvalue weighted by molar-refractivity contribution is 5.91. The molecular formula is C25H23F2N3O3. The van der Waals surface area contributed by atoms with Crippen LogP contribution in [0.5, 0.6) is 0 Å². The van der Waals surface area contributed by atoms with E-state index in [1.807, 2.05) is 6.92 Å². The van der Waals surface area contributed by atoms with Gasteiger partial charge in [0.1, 0.15) is 11.6 Å². The van der Waals surface area contributed by atoms with E-state index in [1.54, 1.807) is 29.8 Å². The minimum Gasteiger partial charge on any atom is -0.444 e. The molecular weight excluding hydrogens is 428 g/mol. The molecule has 3 aromatic rings. The van der Waals surface area contributed by atoms with Crippen LogP contribution in [0.4, 0.5) is 8.78 Å². The summed E-state index contributed by atoms with van der Waals surface area (Å²) in [7, 11) is 0. The number of rotatable bonds is 7. The van der Waals surface area contributed by atoms with Gasteiger partial charge in [-0.05, 0) is 69.2 Å². The van der Waals surface area contributed by atoms with Crippen molar-refractivity contribution in [3.8, 4) is 5.69 Å². The van der Waals surface area contributed by atoms with Crippen LogP contribution in [-0.2, 0) is 14.3 Å². The average Bonchev–Trinajstić information content (AvgIpc) is 3.56. The van der Waals surface area contributed by atoms with Crippen molar-refractivity contribution in [3.05, 3.63) is 88.8 Å². The summed E-state index contributed by atoms with van der Waals surface area (Å²) in [6, 6.07) is 11.3. The van der Waals surface area contributed by atoms with Crippen LogP contribution in [0.1, 0.15) is 41.5 Å². The van der Waals surface area contributed by atoms with E-state index in [-0.39, 0.29) is 11.9 Å². The van der Waals surface area contributed by atoms with Gasteiger partial charge in [-0.1, -0.05) is 12.1 Å². The largest absolute Gasteiger partial charge is 0.444 e. The topological polar surface area (TPSA) is 73.2 Å². The van der Waals surface area contributed by atoms with Crippen LogP contribution < -0.4 is 5.32 Å². The van der Waals surface area contributed by atoms with Crippen LogP contribution in [0.25, 0.3) is 11.8 Å². The van der Waals surface area contributed by atoms with E-state index in [0.29, 0.717) is 22.5 Å². The normalized spacial score (nSPS) is 14.3. The summed E-state index contributed by atoms with van der Waals surface area (Å²) in [5.74, 6) is -1.95. The summed E-state index contributed by atoms with van der Waals surface area (Å²) in [6.07, 6.45) is 3.37. The molecule has 1 N–H and O–H groups in total. The molecule has 0 spiro atoms. The molecule has 0 radical (unpaired) electrons. The second-order valence-corrected chi connectivity index (χ2v) is 7.96. The predicted octanol–water partition coefficient (Wildman–Crippen LogP) is 4.34. The first kappa shape index (κ1) is 22.4. The third kappa shape index (κ3) is 5.34. The number of hydrogen-bond donors (Lipinski definition) is 1. The number of carbonyl (C=O) groups excluding carboxylic acids is 2. The Morgan fingerprint density at radius 2 is 1.67 bits per heavy atom. The summed E-state index contributed by atoms with van der Waals surface area (Å²) < 4.78 is 33.7. The molecule has 1 atom stereocenters. The van der Waals surface area contributed by atoms with E-state index in [9.17, 15) is 18.4 Å². The summed E-state index contributed by atoms with van der Waals surface area (Å²) in [6.45, 7) is 3.63. The molecule has 1 saturated carbocycles. The lowest BCUT2D eigenvalue weighted by Gasteiger charge is -2.17. The van der Waals surface area contributed by atoms with E-state index >= 15 is 0 Å². The van der Waals surface area contributed by atoms with Crippen molar-refractivity contribution in [1.82, 2.24) is 15.1 Å². The van der Waals surface area contributed by atoms with Gasteiger partial charge >= 0.3 is 5.97 Å².